The molecule has 0 radical (unpaired) electrons. The van der Waals surface area contributed by atoms with Gasteiger partial charge < -0.3 is 16.1 Å². The van der Waals surface area contributed by atoms with Gasteiger partial charge in [0.05, 0.1) is 10.7 Å². The van der Waals surface area contributed by atoms with E-state index in [9.17, 15) is 10.2 Å². The molecular formula is C11H13BrN6O2. The Bertz CT molecular complexity index is 655. The number of hydrogen-bond donors (Lipinski definition) is 4. The number of hydrazone groups is 1. The number of nitrogen functional groups attached to an aromatic ring is 1. The van der Waals surface area contributed by atoms with Crippen LogP contribution in [0.4, 0.5) is 5.95 Å². The minimum Gasteiger partial charge on any atom is -0.507 e. The van der Waals surface area contributed by atoms with Gasteiger partial charge in [-0.3, -0.25) is 0 Å². The number of nitrogens with two attached hydrogens (primary N) is 1. The van der Waals surface area contributed by atoms with E-state index in [-0.39, 0.29) is 17.4 Å². The van der Waals surface area contributed by atoms with E-state index >= 15 is 0 Å². The fourth-order valence-corrected chi connectivity index (χ4v) is 1.83. The number of aromatic nitrogens is 3. The summed E-state index contributed by atoms with van der Waals surface area (Å²) in [5.41, 5.74) is 3.04. The minimum atomic E-state index is -0.0975. The zero-order valence-corrected chi connectivity index (χ0v) is 12.2. The molecule has 20 heavy (non-hydrogen) atoms. The van der Waals surface area contributed by atoms with E-state index < -0.39 is 0 Å². The highest BCUT2D eigenvalue weighted by atomic mass is 79.9. The van der Waals surface area contributed by atoms with Crippen molar-refractivity contribution in [3.63, 3.8) is 0 Å². The standard InChI is InChI=1S/C11H13BrN6O2/c1-2-10-15-17-11(18(10)13)16-14-5-6-3-7(12)9(20)4-8(6)19/h3-5,19-20H,2,13H2,1H3,(H,16,17)/b14-5-. The van der Waals surface area contributed by atoms with Gasteiger partial charge in [0, 0.05) is 18.1 Å². The maximum atomic E-state index is 9.65. The van der Waals surface area contributed by atoms with Crippen LogP contribution in [0.25, 0.3) is 0 Å². The van der Waals surface area contributed by atoms with Gasteiger partial charge in [-0.2, -0.15) is 5.10 Å². The first-order chi connectivity index (χ1) is 9.52. The molecule has 0 atom stereocenters. The molecule has 0 unspecified atom stereocenters. The van der Waals surface area contributed by atoms with Crippen molar-refractivity contribution in [3.05, 3.63) is 28.0 Å². The molecule has 2 aromatic rings. The van der Waals surface area contributed by atoms with Gasteiger partial charge in [-0.1, -0.05) is 6.92 Å². The summed E-state index contributed by atoms with van der Waals surface area (Å²) in [6.07, 6.45) is 2.03. The van der Waals surface area contributed by atoms with Crippen molar-refractivity contribution in [2.24, 2.45) is 5.10 Å². The topological polar surface area (TPSA) is 122 Å². The largest absolute Gasteiger partial charge is 0.507 e. The van der Waals surface area contributed by atoms with E-state index in [0.717, 1.165) is 0 Å². The minimum absolute atomic E-state index is 0.0538. The predicted molar refractivity (Wildman–Crippen MR) is 78.2 cm³/mol. The van der Waals surface area contributed by atoms with Crippen LogP contribution in [0, 0.1) is 0 Å². The first kappa shape index (κ1) is 14.1. The van der Waals surface area contributed by atoms with Crippen LogP contribution in [0.2, 0.25) is 0 Å². The summed E-state index contributed by atoms with van der Waals surface area (Å²) in [7, 11) is 0. The highest BCUT2D eigenvalue weighted by Crippen LogP contribution is 2.30. The molecule has 0 saturated carbocycles. The normalized spacial score (nSPS) is 11.1. The number of aryl methyl sites for hydroxylation is 1. The zero-order chi connectivity index (χ0) is 14.7. The highest BCUT2D eigenvalue weighted by Gasteiger charge is 2.07. The van der Waals surface area contributed by atoms with Gasteiger partial charge >= 0.3 is 0 Å². The Kier molecular flexibility index (Phi) is 4.08. The molecule has 5 N–H and O–H groups in total. The molecule has 1 aromatic heterocycles. The Morgan fingerprint density at radius 1 is 1.40 bits per heavy atom. The monoisotopic (exact) mass is 340 g/mol. The highest BCUT2D eigenvalue weighted by molar-refractivity contribution is 9.10. The number of nitrogens with one attached hydrogen (secondary N) is 1. The van der Waals surface area contributed by atoms with Gasteiger partial charge in [-0.05, 0) is 22.0 Å². The molecule has 2 rings (SSSR count). The van der Waals surface area contributed by atoms with Crippen LogP contribution in [0.15, 0.2) is 21.7 Å². The Labute approximate surface area is 123 Å². The Morgan fingerprint density at radius 3 is 2.80 bits per heavy atom. The number of nitrogens with zero attached hydrogens (tertiary/aromatic N) is 4. The van der Waals surface area contributed by atoms with E-state index in [2.05, 4.69) is 36.7 Å². The van der Waals surface area contributed by atoms with Crippen LogP contribution in [-0.2, 0) is 6.42 Å². The molecule has 0 fully saturated rings. The van der Waals surface area contributed by atoms with Crippen LogP contribution >= 0.6 is 15.9 Å². The van der Waals surface area contributed by atoms with E-state index in [1.54, 1.807) is 0 Å². The number of phenols is 2. The SMILES string of the molecule is CCc1nnc(N/N=C\c2cc(Br)c(O)cc2O)n1N. The lowest BCUT2D eigenvalue weighted by molar-refractivity contribution is 0.448. The summed E-state index contributed by atoms with van der Waals surface area (Å²) < 4.78 is 1.75. The molecule has 0 saturated heterocycles. The number of anilines is 1. The van der Waals surface area contributed by atoms with Crippen molar-refractivity contribution in [2.45, 2.75) is 13.3 Å². The van der Waals surface area contributed by atoms with Gasteiger partial charge in [0.25, 0.3) is 5.95 Å². The van der Waals surface area contributed by atoms with Gasteiger partial charge in [-0.15, -0.1) is 10.2 Å². The predicted octanol–water partition coefficient (Wildman–Crippen LogP) is 1.17. The van der Waals surface area contributed by atoms with E-state index in [1.165, 1.54) is 23.0 Å². The zero-order valence-electron chi connectivity index (χ0n) is 10.6. The second kappa shape index (κ2) is 5.78. The van der Waals surface area contributed by atoms with Crippen molar-refractivity contribution in [1.82, 2.24) is 14.9 Å². The number of aromatic hydroxyl groups is 2. The van der Waals surface area contributed by atoms with E-state index in [4.69, 9.17) is 5.84 Å². The molecule has 0 spiro atoms. The lowest BCUT2D eigenvalue weighted by Gasteiger charge is -2.03. The average Bonchev–Trinajstić information content (AvgIpc) is 2.76. The molecule has 0 amide bonds. The summed E-state index contributed by atoms with van der Waals surface area (Å²) in [6, 6.07) is 2.74. The smallest absolute Gasteiger partial charge is 0.263 e. The Morgan fingerprint density at radius 2 is 2.15 bits per heavy atom. The summed E-state index contributed by atoms with van der Waals surface area (Å²) in [4.78, 5) is 0. The molecular weight excluding hydrogens is 328 g/mol. The summed E-state index contributed by atoms with van der Waals surface area (Å²) >= 11 is 3.15. The van der Waals surface area contributed by atoms with Gasteiger partial charge in [-0.25, -0.2) is 10.1 Å². The molecule has 0 aliphatic rings. The molecule has 1 heterocycles. The first-order valence-corrected chi connectivity index (χ1v) is 6.52. The molecule has 0 bridgehead atoms. The third-order valence-corrected chi connectivity index (χ3v) is 3.18. The lowest BCUT2D eigenvalue weighted by atomic mass is 10.2. The maximum absolute atomic E-state index is 9.65. The number of benzene rings is 1. The fourth-order valence-electron chi connectivity index (χ4n) is 1.47. The quantitative estimate of drug-likeness (QED) is 0.376. The Balaban J connectivity index is 2.14. The Hall–Kier alpha value is -2.29. The molecule has 8 nitrogen and oxygen atoms in total. The molecule has 9 heteroatoms. The third-order valence-electron chi connectivity index (χ3n) is 2.55. The second-order valence-electron chi connectivity index (χ2n) is 3.90. The van der Waals surface area contributed by atoms with Crippen molar-refractivity contribution in [3.8, 4) is 11.5 Å². The van der Waals surface area contributed by atoms with Crippen LogP contribution in [0.1, 0.15) is 18.3 Å². The van der Waals surface area contributed by atoms with Gasteiger partial charge in [0.1, 0.15) is 11.5 Å². The summed E-state index contributed by atoms with van der Waals surface area (Å²) in [5.74, 6) is 6.49. The second-order valence-corrected chi connectivity index (χ2v) is 4.75. The van der Waals surface area contributed by atoms with Crippen molar-refractivity contribution < 1.29 is 10.2 Å². The van der Waals surface area contributed by atoms with Gasteiger partial charge in [0.15, 0.2) is 5.82 Å². The van der Waals surface area contributed by atoms with Crippen molar-refractivity contribution in [2.75, 3.05) is 11.3 Å². The number of halogens is 1. The van der Waals surface area contributed by atoms with E-state index in [1.807, 2.05) is 6.92 Å². The third kappa shape index (κ3) is 2.82. The number of hydrogen-bond acceptors (Lipinski definition) is 7. The molecule has 106 valence electrons. The molecule has 0 aliphatic carbocycles. The van der Waals surface area contributed by atoms with Crippen LogP contribution in [0.5, 0.6) is 11.5 Å². The van der Waals surface area contributed by atoms with Gasteiger partial charge in [0.2, 0.25) is 0 Å². The van der Waals surface area contributed by atoms with Crippen molar-refractivity contribution in [1.29, 1.82) is 0 Å². The van der Waals surface area contributed by atoms with Crippen molar-refractivity contribution >= 4 is 28.1 Å². The summed E-state index contributed by atoms with van der Waals surface area (Å²) in [5, 5.41) is 30.6. The average molecular weight is 341 g/mol. The molecule has 1 aromatic carbocycles. The van der Waals surface area contributed by atoms with Crippen LogP contribution in [-0.4, -0.2) is 31.3 Å². The lowest BCUT2D eigenvalue weighted by Crippen LogP contribution is -2.14. The number of rotatable bonds is 4. The van der Waals surface area contributed by atoms with Crippen LogP contribution < -0.4 is 11.3 Å². The summed E-state index contributed by atoms with van der Waals surface area (Å²) in [6.45, 7) is 1.91. The number of phenolic OH excluding ortho intramolecular Hbond substituents is 2. The maximum Gasteiger partial charge on any atom is 0.263 e. The van der Waals surface area contributed by atoms with E-state index in [0.29, 0.717) is 22.3 Å². The molecule has 0 aliphatic heterocycles. The fraction of sp³-hybridized carbons (Fsp3) is 0.182. The first-order valence-electron chi connectivity index (χ1n) is 5.72. The van der Waals surface area contributed by atoms with Crippen LogP contribution in [0.3, 0.4) is 0 Å².